The molecular weight excluding hydrogens is 450 g/mol. The second-order valence-electron chi connectivity index (χ2n) is 7.05. The quantitative estimate of drug-likeness (QED) is 0.450. The van der Waals surface area contributed by atoms with E-state index in [0.717, 1.165) is 18.4 Å². The number of sulfonamides is 1. The number of benzene rings is 2. The van der Waals surface area contributed by atoms with Gasteiger partial charge in [-0.15, -0.1) is 0 Å². The molecule has 2 N–H and O–H groups in total. The lowest BCUT2D eigenvalue weighted by Gasteiger charge is -2.07. The van der Waals surface area contributed by atoms with Gasteiger partial charge < -0.3 is 14.0 Å². The summed E-state index contributed by atoms with van der Waals surface area (Å²) in [6.07, 6.45) is 1.96. The highest BCUT2D eigenvalue weighted by Gasteiger charge is 2.14. The van der Waals surface area contributed by atoms with Gasteiger partial charge in [0.2, 0.25) is 10.0 Å². The first-order valence-corrected chi connectivity index (χ1v) is 12.8. The smallest absolute Gasteiger partial charge is 0.279 e. The number of nitrogens with two attached hydrogens (primary N) is 1. The van der Waals surface area contributed by atoms with Crippen LogP contribution in [0.4, 0.5) is 0 Å². The third kappa shape index (κ3) is 6.04. The molecule has 0 spiro atoms. The van der Waals surface area contributed by atoms with Crippen LogP contribution in [0.5, 0.6) is 5.75 Å². The van der Waals surface area contributed by atoms with Crippen LogP contribution in [0, 0.1) is 0 Å². The van der Waals surface area contributed by atoms with E-state index in [0.29, 0.717) is 47.2 Å². The van der Waals surface area contributed by atoms with Crippen molar-refractivity contribution in [2.45, 2.75) is 38.1 Å². The van der Waals surface area contributed by atoms with Crippen molar-refractivity contribution < 1.29 is 22.7 Å². The average Bonchev–Trinajstić information content (AvgIpc) is 3.10. The zero-order chi connectivity index (χ0) is 23.1. The van der Waals surface area contributed by atoms with E-state index in [1.165, 1.54) is 23.5 Å². The molecule has 3 rings (SSSR count). The standard InChI is InChI=1S/C22H27N3O5S2/c1-3-5-12-30-17-8-6-7-16(14-17)21(26)24-22-25(11-13-29-4-2)19-10-9-18(32(23,27)28)15-20(19)31-22/h6-10,14-15H,3-5,11-13H2,1-2H3,(H2,23,27,28). The van der Waals surface area contributed by atoms with Crippen LogP contribution in [0.3, 0.4) is 0 Å². The minimum absolute atomic E-state index is 0.0120. The predicted molar refractivity (Wildman–Crippen MR) is 124 cm³/mol. The molecule has 0 fully saturated rings. The minimum atomic E-state index is -3.84. The van der Waals surface area contributed by atoms with Crippen LogP contribution in [-0.2, 0) is 21.3 Å². The lowest BCUT2D eigenvalue weighted by Crippen LogP contribution is -2.19. The normalized spacial score (nSPS) is 12.4. The van der Waals surface area contributed by atoms with Gasteiger partial charge >= 0.3 is 0 Å². The van der Waals surface area contributed by atoms with Gasteiger partial charge in [0.25, 0.3) is 5.91 Å². The number of hydrogen-bond acceptors (Lipinski definition) is 6. The number of thiazole rings is 1. The first-order valence-electron chi connectivity index (χ1n) is 10.4. The van der Waals surface area contributed by atoms with Gasteiger partial charge in [-0.25, -0.2) is 13.6 Å². The molecule has 172 valence electrons. The van der Waals surface area contributed by atoms with Gasteiger partial charge in [0, 0.05) is 18.7 Å². The van der Waals surface area contributed by atoms with Crippen LogP contribution in [0.15, 0.2) is 52.4 Å². The Morgan fingerprint density at radius 1 is 1.16 bits per heavy atom. The van der Waals surface area contributed by atoms with Crippen molar-refractivity contribution in [1.29, 1.82) is 0 Å². The number of primary sulfonamides is 1. The summed E-state index contributed by atoms with van der Waals surface area (Å²) in [5, 5.41) is 5.27. The Bertz CT molecular complexity index is 1260. The number of aromatic nitrogens is 1. The molecule has 0 aliphatic heterocycles. The molecule has 0 aliphatic carbocycles. The molecule has 1 amide bonds. The molecule has 3 aromatic rings. The number of nitrogens with zero attached hydrogens (tertiary/aromatic N) is 2. The molecule has 0 aliphatic rings. The van der Waals surface area contributed by atoms with Crippen LogP contribution < -0.4 is 14.7 Å². The van der Waals surface area contributed by atoms with Crippen molar-refractivity contribution in [3.05, 3.63) is 52.8 Å². The average molecular weight is 478 g/mol. The van der Waals surface area contributed by atoms with E-state index in [1.54, 1.807) is 24.3 Å². The summed E-state index contributed by atoms with van der Waals surface area (Å²) in [5.74, 6) is 0.215. The maximum absolute atomic E-state index is 12.9. The molecule has 10 heteroatoms. The second-order valence-corrected chi connectivity index (χ2v) is 9.63. The van der Waals surface area contributed by atoms with Crippen LogP contribution >= 0.6 is 11.3 Å². The summed E-state index contributed by atoms with van der Waals surface area (Å²) in [4.78, 5) is 17.7. The first-order chi connectivity index (χ1) is 15.3. The summed E-state index contributed by atoms with van der Waals surface area (Å²) < 4.78 is 37.1. The van der Waals surface area contributed by atoms with E-state index < -0.39 is 15.9 Å². The lowest BCUT2D eigenvalue weighted by atomic mass is 10.2. The van der Waals surface area contributed by atoms with Gasteiger partial charge in [-0.1, -0.05) is 30.7 Å². The molecule has 1 heterocycles. The van der Waals surface area contributed by atoms with Crippen LogP contribution in [0.2, 0.25) is 0 Å². The van der Waals surface area contributed by atoms with E-state index in [2.05, 4.69) is 11.9 Å². The van der Waals surface area contributed by atoms with Gasteiger partial charge in [-0.2, -0.15) is 4.99 Å². The third-order valence-corrected chi connectivity index (χ3v) is 6.64. The van der Waals surface area contributed by atoms with E-state index in [1.807, 2.05) is 17.6 Å². The topological polar surface area (TPSA) is 113 Å². The Hall–Kier alpha value is -2.53. The number of ether oxygens (including phenoxy) is 2. The molecule has 0 atom stereocenters. The number of fused-ring (bicyclic) bond motifs is 1. The highest BCUT2D eigenvalue weighted by molar-refractivity contribution is 7.89. The first kappa shape index (κ1) is 24.1. The van der Waals surface area contributed by atoms with Crippen molar-refractivity contribution in [1.82, 2.24) is 4.57 Å². The van der Waals surface area contributed by atoms with Crippen LogP contribution in [-0.4, -0.2) is 38.7 Å². The zero-order valence-corrected chi connectivity index (χ0v) is 19.7. The van der Waals surface area contributed by atoms with Crippen molar-refractivity contribution in [2.24, 2.45) is 10.1 Å². The van der Waals surface area contributed by atoms with E-state index in [-0.39, 0.29) is 4.90 Å². The van der Waals surface area contributed by atoms with Crippen molar-refractivity contribution in [3.63, 3.8) is 0 Å². The van der Waals surface area contributed by atoms with Crippen molar-refractivity contribution >= 4 is 37.5 Å². The highest BCUT2D eigenvalue weighted by Crippen LogP contribution is 2.22. The third-order valence-electron chi connectivity index (χ3n) is 4.69. The second kappa shape index (κ2) is 10.9. The lowest BCUT2D eigenvalue weighted by molar-refractivity contribution is 0.0996. The molecule has 0 unspecified atom stereocenters. The summed E-state index contributed by atoms with van der Waals surface area (Å²) in [5.41, 5.74) is 1.17. The van der Waals surface area contributed by atoms with Crippen LogP contribution in [0.25, 0.3) is 10.2 Å². The van der Waals surface area contributed by atoms with Gasteiger partial charge in [0.05, 0.1) is 28.3 Å². The maximum atomic E-state index is 12.9. The largest absolute Gasteiger partial charge is 0.494 e. The fourth-order valence-electron chi connectivity index (χ4n) is 3.04. The van der Waals surface area contributed by atoms with E-state index in [9.17, 15) is 13.2 Å². The molecule has 0 bridgehead atoms. The molecule has 0 saturated heterocycles. The Morgan fingerprint density at radius 3 is 2.69 bits per heavy atom. The molecule has 1 aromatic heterocycles. The van der Waals surface area contributed by atoms with Gasteiger partial charge in [0.15, 0.2) is 4.80 Å². The van der Waals surface area contributed by atoms with Gasteiger partial charge in [0.1, 0.15) is 5.75 Å². The monoisotopic (exact) mass is 477 g/mol. The number of hydrogen-bond donors (Lipinski definition) is 1. The summed E-state index contributed by atoms with van der Waals surface area (Å²) in [6, 6.07) is 11.6. The maximum Gasteiger partial charge on any atom is 0.279 e. The van der Waals surface area contributed by atoms with Crippen molar-refractivity contribution in [3.8, 4) is 5.75 Å². The Balaban J connectivity index is 2.00. The van der Waals surface area contributed by atoms with E-state index >= 15 is 0 Å². The zero-order valence-electron chi connectivity index (χ0n) is 18.1. The molecular formula is C22H27N3O5S2. The van der Waals surface area contributed by atoms with Gasteiger partial charge in [-0.3, -0.25) is 4.79 Å². The van der Waals surface area contributed by atoms with E-state index in [4.69, 9.17) is 14.6 Å². The summed E-state index contributed by atoms with van der Waals surface area (Å²) in [6.45, 7) is 6.04. The Morgan fingerprint density at radius 2 is 1.97 bits per heavy atom. The predicted octanol–water partition coefficient (Wildman–Crippen LogP) is 3.31. The number of carbonyl (C=O) groups excluding carboxylic acids is 1. The summed E-state index contributed by atoms with van der Waals surface area (Å²) in [7, 11) is -3.84. The number of carbonyl (C=O) groups is 1. The molecule has 2 aromatic carbocycles. The van der Waals surface area contributed by atoms with Crippen LogP contribution in [0.1, 0.15) is 37.0 Å². The fraction of sp³-hybridized carbons (Fsp3) is 0.364. The number of amides is 1. The molecule has 32 heavy (non-hydrogen) atoms. The van der Waals surface area contributed by atoms with Gasteiger partial charge in [-0.05, 0) is 49.7 Å². The number of rotatable bonds is 10. The van der Waals surface area contributed by atoms with Crippen molar-refractivity contribution in [2.75, 3.05) is 19.8 Å². The number of unbranched alkanes of at least 4 members (excludes halogenated alkanes) is 1. The Labute approximate surface area is 191 Å². The molecule has 8 nitrogen and oxygen atoms in total. The highest BCUT2D eigenvalue weighted by atomic mass is 32.2. The molecule has 0 saturated carbocycles. The SMILES string of the molecule is CCCCOc1cccc(C(=O)N=c2sc3cc(S(N)(=O)=O)ccc3n2CCOCC)c1. The fourth-order valence-corrected chi connectivity index (χ4v) is 4.75. The summed E-state index contributed by atoms with van der Waals surface area (Å²) >= 11 is 1.22. The Kier molecular flexibility index (Phi) is 8.19. The minimum Gasteiger partial charge on any atom is -0.494 e. The molecule has 0 radical (unpaired) electrons.